The van der Waals surface area contributed by atoms with Crippen LogP contribution in [0.4, 0.5) is 5.69 Å². The van der Waals surface area contributed by atoms with Crippen LogP contribution in [0.1, 0.15) is 43.0 Å². The molecule has 0 radical (unpaired) electrons. The summed E-state index contributed by atoms with van der Waals surface area (Å²) in [7, 11) is 0. The molecule has 3 fully saturated rings. The predicted octanol–water partition coefficient (Wildman–Crippen LogP) is 4.43. The average molecular weight is 648 g/mol. The molecular weight excluding hydrogens is 615 g/mol. The Morgan fingerprint density at radius 2 is 1.71 bits per heavy atom. The van der Waals surface area contributed by atoms with E-state index in [1.165, 1.54) is 11.3 Å². The summed E-state index contributed by atoms with van der Waals surface area (Å²) < 4.78 is 5.75. The van der Waals surface area contributed by atoms with Gasteiger partial charge in [0, 0.05) is 21.7 Å². The number of aromatic amines is 1. The van der Waals surface area contributed by atoms with Gasteiger partial charge in [-0.05, 0) is 66.3 Å². The summed E-state index contributed by atoms with van der Waals surface area (Å²) in [6.45, 7) is 3.61. The van der Waals surface area contributed by atoms with Crippen molar-refractivity contribution in [3.63, 3.8) is 0 Å². The van der Waals surface area contributed by atoms with Gasteiger partial charge in [-0.3, -0.25) is 24.1 Å². The number of nitrogens with one attached hydrogen (secondary N) is 2. The molecule has 45 heavy (non-hydrogen) atoms. The number of nitrogens with zero attached hydrogens (tertiary/aromatic N) is 1. The van der Waals surface area contributed by atoms with Crippen LogP contribution in [-0.2, 0) is 19.2 Å². The second-order valence-corrected chi connectivity index (χ2v) is 15.0. The van der Waals surface area contributed by atoms with Gasteiger partial charge in [0.1, 0.15) is 11.8 Å². The Kier molecular flexibility index (Phi) is 7.60. The largest absolute Gasteiger partial charge is 0.484 e. The van der Waals surface area contributed by atoms with Crippen LogP contribution < -0.4 is 14.9 Å². The fourth-order valence-corrected chi connectivity index (χ4v) is 11.0. The van der Waals surface area contributed by atoms with Gasteiger partial charge in [0.15, 0.2) is 6.61 Å². The molecule has 1 saturated heterocycles. The predicted molar refractivity (Wildman–Crippen MR) is 168 cm³/mol. The van der Waals surface area contributed by atoms with Crippen molar-refractivity contribution in [2.45, 2.75) is 48.9 Å². The Labute approximate surface area is 267 Å². The minimum absolute atomic E-state index is 0.00156. The lowest BCUT2D eigenvalue weighted by Gasteiger charge is -2.43. The zero-order chi connectivity index (χ0) is 31.6. The number of aliphatic carboxylic acids is 1. The zero-order valence-corrected chi connectivity index (χ0v) is 26.3. The number of carboxylic acid groups (broad SMARTS) is 1. The van der Waals surface area contributed by atoms with Crippen molar-refractivity contribution in [2.75, 3.05) is 11.9 Å². The van der Waals surface area contributed by atoms with Gasteiger partial charge in [0.05, 0.1) is 16.9 Å². The molecule has 2 aliphatic heterocycles. The van der Waals surface area contributed by atoms with Gasteiger partial charge < -0.3 is 20.1 Å². The van der Waals surface area contributed by atoms with E-state index in [1.54, 1.807) is 23.9 Å². The highest BCUT2D eigenvalue weighted by atomic mass is 32.2. The average Bonchev–Trinajstić information content (AvgIpc) is 3.74. The van der Waals surface area contributed by atoms with Crippen molar-refractivity contribution in [2.24, 2.45) is 35.5 Å². The molecule has 12 heteroatoms. The van der Waals surface area contributed by atoms with Crippen LogP contribution in [-0.4, -0.2) is 56.6 Å². The lowest BCUT2D eigenvalue weighted by molar-refractivity contribution is -0.156. The Bertz CT molecular complexity index is 1720. The number of rotatable bonds is 9. The molecule has 7 rings (SSSR count). The standard InChI is InChI=1S/C33H33N3O7S2/c1-15(2)12-21(32(40)41)36-30(38)25-19-13-20(26(25)31(36)39)27-24(19)23(28-29(44-27)35-33(42)45-28)16-8-10-18(11-9-16)43-14-22(37)34-17-6-4-3-5-7-17/h3-11,15,19-21,23-27H,12-14H2,1-2H3,(H,34,37)(H,35,42)(H,40,41)/t19?,20?,21?,23-,24?,25?,26?,27?/m1/s1. The molecule has 2 bridgehead atoms. The van der Waals surface area contributed by atoms with Gasteiger partial charge in [-0.15, -0.1) is 11.8 Å². The summed E-state index contributed by atoms with van der Waals surface area (Å²) in [4.78, 5) is 69.7. The minimum Gasteiger partial charge on any atom is -0.484 e. The van der Waals surface area contributed by atoms with E-state index in [9.17, 15) is 29.1 Å². The van der Waals surface area contributed by atoms with Gasteiger partial charge in [-0.25, -0.2) is 4.79 Å². The number of likely N-dealkylation sites (tertiary alicyclic amines) is 1. The molecule has 3 amide bonds. The van der Waals surface area contributed by atoms with Crippen LogP contribution in [0.15, 0.2) is 64.4 Å². The van der Waals surface area contributed by atoms with Crippen LogP contribution >= 0.6 is 23.1 Å². The van der Waals surface area contributed by atoms with Crippen LogP contribution in [0.5, 0.6) is 5.75 Å². The maximum atomic E-state index is 13.9. The van der Waals surface area contributed by atoms with Crippen molar-refractivity contribution < 1.29 is 29.0 Å². The van der Waals surface area contributed by atoms with E-state index >= 15 is 0 Å². The van der Waals surface area contributed by atoms with E-state index in [0.717, 1.165) is 26.8 Å². The highest BCUT2D eigenvalue weighted by Gasteiger charge is 2.70. The summed E-state index contributed by atoms with van der Waals surface area (Å²) in [5.74, 6) is -3.09. The number of para-hydroxylation sites is 1. The van der Waals surface area contributed by atoms with Crippen molar-refractivity contribution in [3.8, 4) is 5.75 Å². The summed E-state index contributed by atoms with van der Waals surface area (Å²) in [5.41, 5.74) is 1.65. The van der Waals surface area contributed by atoms with E-state index in [-0.39, 0.29) is 70.5 Å². The van der Waals surface area contributed by atoms with E-state index in [4.69, 9.17) is 4.74 Å². The summed E-state index contributed by atoms with van der Waals surface area (Å²) in [6, 6.07) is 15.5. The van der Waals surface area contributed by atoms with Crippen LogP contribution in [0.3, 0.4) is 0 Å². The van der Waals surface area contributed by atoms with Crippen molar-refractivity contribution in [1.82, 2.24) is 9.88 Å². The SMILES string of the molecule is CC(C)CC(C(=O)O)N1C(=O)C2C3CC(C2C1=O)C1C3Sc2[nH]c(=O)sc2[C@@H]1c1ccc(OCC(=O)Nc2ccccc2)cc1. The Balaban J connectivity index is 1.15. The molecule has 0 spiro atoms. The maximum Gasteiger partial charge on any atom is 0.326 e. The van der Waals surface area contributed by atoms with Crippen molar-refractivity contribution >= 4 is 52.5 Å². The molecule has 3 N–H and O–H groups in total. The third-order valence-corrected chi connectivity index (χ3v) is 12.3. The fourth-order valence-electron chi connectivity index (χ4n) is 8.12. The number of H-pyrrole nitrogens is 1. The summed E-state index contributed by atoms with van der Waals surface area (Å²) >= 11 is 2.77. The van der Waals surface area contributed by atoms with Crippen LogP contribution in [0.25, 0.3) is 0 Å². The second-order valence-electron chi connectivity index (χ2n) is 12.8. The number of anilines is 1. The number of hydrogen-bond acceptors (Lipinski definition) is 8. The highest BCUT2D eigenvalue weighted by Crippen LogP contribution is 2.68. The lowest BCUT2D eigenvalue weighted by atomic mass is 9.68. The quantitative estimate of drug-likeness (QED) is 0.290. The number of ether oxygens (including phenoxy) is 1. The number of amides is 3. The first-order valence-corrected chi connectivity index (χ1v) is 16.9. The number of carbonyl (C=O) groups is 4. The van der Waals surface area contributed by atoms with E-state index in [2.05, 4.69) is 10.3 Å². The Morgan fingerprint density at radius 3 is 2.38 bits per heavy atom. The van der Waals surface area contributed by atoms with Gasteiger partial charge in [0.2, 0.25) is 11.8 Å². The molecule has 7 unspecified atom stereocenters. The lowest BCUT2D eigenvalue weighted by Crippen LogP contribution is -2.47. The molecule has 3 heterocycles. The first-order valence-electron chi connectivity index (χ1n) is 15.2. The third kappa shape index (κ3) is 5.07. The third-order valence-electron chi connectivity index (χ3n) is 9.72. The molecule has 8 atom stereocenters. The van der Waals surface area contributed by atoms with Gasteiger partial charge >= 0.3 is 10.8 Å². The molecule has 4 aliphatic rings. The molecule has 2 saturated carbocycles. The number of imide groups is 1. The maximum absolute atomic E-state index is 13.9. The molecule has 2 aliphatic carbocycles. The number of thioether (sulfide) groups is 1. The number of carboxylic acids is 1. The first kappa shape index (κ1) is 29.8. The second kappa shape index (κ2) is 11.5. The van der Waals surface area contributed by atoms with Crippen molar-refractivity contribution in [3.05, 3.63) is 74.7 Å². The molecule has 10 nitrogen and oxygen atoms in total. The van der Waals surface area contributed by atoms with Crippen molar-refractivity contribution in [1.29, 1.82) is 0 Å². The van der Waals surface area contributed by atoms with Crippen LogP contribution in [0, 0.1) is 35.5 Å². The van der Waals surface area contributed by atoms with E-state index in [1.807, 2.05) is 56.3 Å². The minimum atomic E-state index is -1.17. The monoisotopic (exact) mass is 647 g/mol. The van der Waals surface area contributed by atoms with E-state index in [0.29, 0.717) is 11.4 Å². The number of hydrogen-bond donors (Lipinski definition) is 3. The summed E-state index contributed by atoms with van der Waals surface area (Å²) in [5, 5.41) is 13.6. The smallest absolute Gasteiger partial charge is 0.326 e. The number of aromatic nitrogens is 1. The Hall–Kier alpha value is -3.90. The Morgan fingerprint density at radius 1 is 1.02 bits per heavy atom. The van der Waals surface area contributed by atoms with Gasteiger partial charge in [0.25, 0.3) is 5.91 Å². The molecule has 3 aromatic rings. The van der Waals surface area contributed by atoms with Crippen LogP contribution in [0.2, 0.25) is 0 Å². The van der Waals surface area contributed by atoms with Gasteiger partial charge in [-0.1, -0.05) is 55.5 Å². The zero-order valence-electron chi connectivity index (χ0n) is 24.7. The normalized spacial score (nSPS) is 28.5. The number of thiazole rings is 1. The molecule has 2 aromatic carbocycles. The summed E-state index contributed by atoms with van der Waals surface area (Å²) in [6.07, 6.45) is 0.935. The topological polar surface area (TPSA) is 146 Å². The molecule has 1 aromatic heterocycles. The van der Waals surface area contributed by atoms with E-state index < -0.39 is 23.8 Å². The number of carbonyl (C=O) groups excluding carboxylic acids is 3. The fraction of sp³-hybridized carbons (Fsp3) is 0.424. The van der Waals surface area contributed by atoms with Gasteiger partial charge in [-0.2, -0.15) is 0 Å². The number of benzene rings is 2. The molecular formula is C33H33N3O7S2. The number of fused-ring (bicyclic) bond motifs is 9. The first-order chi connectivity index (χ1) is 21.6. The molecule has 234 valence electrons. The highest BCUT2D eigenvalue weighted by molar-refractivity contribution is 8.00.